The largest absolute Gasteiger partial charge is 0.341 e. The molecule has 0 saturated carbocycles. The first-order valence-electron chi connectivity index (χ1n) is 7.70. The average Bonchev–Trinajstić information content (AvgIpc) is 2.78. The Morgan fingerprint density at radius 1 is 0.950 bits per heavy atom. The fourth-order valence-electron chi connectivity index (χ4n) is 3.05. The Balaban J connectivity index is 2.16. The predicted molar refractivity (Wildman–Crippen MR) is 88.3 cm³/mol. The van der Waals surface area contributed by atoms with Gasteiger partial charge in [-0.05, 0) is 49.4 Å². The Morgan fingerprint density at radius 2 is 1.70 bits per heavy atom. The van der Waals surface area contributed by atoms with E-state index in [0.29, 0.717) is 0 Å². The van der Waals surface area contributed by atoms with Gasteiger partial charge in [-0.1, -0.05) is 38.1 Å². The van der Waals surface area contributed by atoms with Crippen LogP contribution in [0.15, 0.2) is 42.5 Å². The third-order valence-electron chi connectivity index (χ3n) is 4.16. The molecule has 0 spiro atoms. The molecule has 0 N–H and O–H groups in total. The molecule has 104 valence electrons. The van der Waals surface area contributed by atoms with E-state index in [1.54, 1.807) is 0 Å². The summed E-state index contributed by atoms with van der Waals surface area (Å²) in [6.07, 6.45) is 2.44. The quantitative estimate of drug-likeness (QED) is 0.595. The van der Waals surface area contributed by atoms with Gasteiger partial charge in [0.1, 0.15) is 0 Å². The second-order valence-corrected chi connectivity index (χ2v) is 6.05. The number of nitrogens with zero attached hydrogens (tertiary/aromatic N) is 1. The van der Waals surface area contributed by atoms with Gasteiger partial charge in [-0.2, -0.15) is 0 Å². The Morgan fingerprint density at radius 3 is 2.45 bits per heavy atom. The van der Waals surface area contributed by atoms with E-state index >= 15 is 0 Å². The summed E-state index contributed by atoms with van der Waals surface area (Å²) in [5.41, 5.74) is 4.18. The molecule has 0 bridgehead atoms. The molecule has 1 heteroatoms. The van der Waals surface area contributed by atoms with Gasteiger partial charge in [0.25, 0.3) is 0 Å². The van der Waals surface area contributed by atoms with E-state index in [2.05, 4.69) is 67.8 Å². The van der Waals surface area contributed by atoms with Crippen molar-refractivity contribution in [1.29, 1.82) is 0 Å². The van der Waals surface area contributed by atoms with Gasteiger partial charge in [0.15, 0.2) is 0 Å². The fourth-order valence-corrected chi connectivity index (χ4v) is 3.05. The van der Waals surface area contributed by atoms with Crippen LogP contribution in [0.5, 0.6) is 0 Å². The molecular formula is C19H23N. The molecule has 1 aromatic heterocycles. The molecule has 1 nitrogen and oxygen atoms in total. The molecule has 0 aliphatic rings. The normalized spacial score (nSPS) is 11.8. The van der Waals surface area contributed by atoms with Gasteiger partial charge in [0.2, 0.25) is 0 Å². The molecule has 0 amide bonds. The third-order valence-corrected chi connectivity index (χ3v) is 4.16. The zero-order valence-electron chi connectivity index (χ0n) is 12.7. The minimum Gasteiger partial charge on any atom is -0.341 e. The second-order valence-electron chi connectivity index (χ2n) is 6.05. The van der Waals surface area contributed by atoms with Crippen molar-refractivity contribution in [2.45, 2.75) is 40.2 Å². The molecule has 0 saturated heterocycles. The summed E-state index contributed by atoms with van der Waals surface area (Å²) in [5.74, 6) is 0.766. The van der Waals surface area contributed by atoms with Crippen LogP contribution >= 0.6 is 0 Å². The Hall–Kier alpha value is -1.76. The van der Waals surface area contributed by atoms with E-state index in [1.807, 2.05) is 0 Å². The van der Waals surface area contributed by atoms with Crippen LogP contribution in [0.1, 0.15) is 32.8 Å². The monoisotopic (exact) mass is 265 g/mol. The highest BCUT2D eigenvalue weighted by Gasteiger charge is 2.09. The number of para-hydroxylation sites is 1. The van der Waals surface area contributed by atoms with Gasteiger partial charge >= 0.3 is 0 Å². The Bertz CT molecular complexity index is 734. The molecule has 20 heavy (non-hydrogen) atoms. The van der Waals surface area contributed by atoms with E-state index in [4.69, 9.17) is 0 Å². The van der Waals surface area contributed by atoms with Crippen molar-refractivity contribution < 1.29 is 0 Å². The topological polar surface area (TPSA) is 4.93 Å². The molecule has 3 rings (SSSR count). The average molecular weight is 265 g/mol. The molecule has 1 heterocycles. The number of hydrogen-bond acceptors (Lipinski definition) is 0. The molecular weight excluding hydrogens is 242 g/mol. The van der Waals surface area contributed by atoms with Crippen LogP contribution < -0.4 is 0 Å². The maximum atomic E-state index is 2.41. The van der Waals surface area contributed by atoms with Crippen molar-refractivity contribution >= 4 is 21.8 Å². The summed E-state index contributed by atoms with van der Waals surface area (Å²) in [4.78, 5) is 0. The van der Waals surface area contributed by atoms with Crippen molar-refractivity contribution in [2.24, 2.45) is 5.92 Å². The Kier molecular flexibility index (Phi) is 3.52. The summed E-state index contributed by atoms with van der Waals surface area (Å²) in [6, 6.07) is 15.7. The summed E-state index contributed by atoms with van der Waals surface area (Å²) in [7, 11) is 0. The maximum absolute atomic E-state index is 2.41. The molecule has 0 aliphatic heterocycles. The first-order valence-corrected chi connectivity index (χ1v) is 7.70. The van der Waals surface area contributed by atoms with Crippen LogP contribution in [-0.4, -0.2) is 4.57 Å². The SMILES string of the molecule is CCn1c2ccccc2c2cc(CCC(C)C)ccc21. The molecule has 0 atom stereocenters. The zero-order valence-corrected chi connectivity index (χ0v) is 12.7. The van der Waals surface area contributed by atoms with Crippen LogP contribution in [0.3, 0.4) is 0 Å². The lowest BCUT2D eigenvalue weighted by Crippen LogP contribution is -1.94. The second kappa shape index (κ2) is 5.32. The van der Waals surface area contributed by atoms with E-state index in [1.165, 1.54) is 40.2 Å². The minimum atomic E-state index is 0.766. The van der Waals surface area contributed by atoms with E-state index in [0.717, 1.165) is 12.5 Å². The van der Waals surface area contributed by atoms with Crippen molar-refractivity contribution in [1.82, 2.24) is 4.57 Å². The molecule has 2 aromatic carbocycles. The van der Waals surface area contributed by atoms with Crippen LogP contribution in [0.25, 0.3) is 21.8 Å². The molecule has 0 fully saturated rings. The van der Waals surface area contributed by atoms with Crippen LogP contribution in [-0.2, 0) is 13.0 Å². The summed E-state index contributed by atoms with van der Waals surface area (Å²) < 4.78 is 2.41. The highest BCUT2D eigenvalue weighted by Crippen LogP contribution is 2.30. The van der Waals surface area contributed by atoms with Gasteiger partial charge in [-0.3, -0.25) is 0 Å². The third kappa shape index (κ3) is 2.22. The number of fused-ring (bicyclic) bond motifs is 3. The lowest BCUT2D eigenvalue weighted by atomic mass is 10.0. The number of rotatable bonds is 4. The first kappa shape index (κ1) is 13.2. The number of benzene rings is 2. The van der Waals surface area contributed by atoms with E-state index < -0.39 is 0 Å². The summed E-state index contributed by atoms with van der Waals surface area (Å²) >= 11 is 0. The van der Waals surface area contributed by atoms with Gasteiger partial charge < -0.3 is 4.57 Å². The minimum absolute atomic E-state index is 0.766. The molecule has 0 aliphatic carbocycles. The standard InChI is InChI=1S/C19H23N/c1-4-20-18-8-6-5-7-16(18)17-13-15(10-9-14(2)3)11-12-19(17)20/h5-8,11-14H,4,9-10H2,1-3H3. The van der Waals surface area contributed by atoms with Crippen molar-refractivity contribution in [3.05, 3.63) is 48.0 Å². The fraction of sp³-hybridized carbons (Fsp3) is 0.368. The number of aromatic nitrogens is 1. The lowest BCUT2D eigenvalue weighted by molar-refractivity contribution is 0.587. The van der Waals surface area contributed by atoms with Crippen LogP contribution in [0.2, 0.25) is 0 Å². The van der Waals surface area contributed by atoms with E-state index in [-0.39, 0.29) is 0 Å². The lowest BCUT2D eigenvalue weighted by Gasteiger charge is -2.06. The van der Waals surface area contributed by atoms with Crippen molar-refractivity contribution in [3.8, 4) is 0 Å². The van der Waals surface area contributed by atoms with Crippen molar-refractivity contribution in [3.63, 3.8) is 0 Å². The highest BCUT2D eigenvalue weighted by molar-refractivity contribution is 6.08. The molecule has 0 unspecified atom stereocenters. The first-order chi connectivity index (χ1) is 9.70. The van der Waals surface area contributed by atoms with E-state index in [9.17, 15) is 0 Å². The predicted octanol–water partition coefficient (Wildman–Crippen LogP) is 5.40. The maximum Gasteiger partial charge on any atom is 0.0491 e. The Labute approximate surface area is 121 Å². The zero-order chi connectivity index (χ0) is 14.1. The summed E-state index contributed by atoms with van der Waals surface area (Å²) in [5, 5.41) is 2.79. The highest BCUT2D eigenvalue weighted by atomic mass is 15.0. The van der Waals surface area contributed by atoms with Crippen LogP contribution in [0.4, 0.5) is 0 Å². The van der Waals surface area contributed by atoms with Gasteiger partial charge in [-0.15, -0.1) is 0 Å². The number of hydrogen-bond donors (Lipinski definition) is 0. The smallest absolute Gasteiger partial charge is 0.0491 e. The van der Waals surface area contributed by atoms with Gasteiger partial charge in [0.05, 0.1) is 0 Å². The summed E-state index contributed by atoms with van der Waals surface area (Å²) in [6.45, 7) is 7.83. The van der Waals surface area contributed by atoms with Crippen molar-refractivity contribution in [2.75, 3.05) is 0 Å². The van der Waals surface area contributed by atoms with Gasteiger partial charge in [0, 0.05) is 28.4 Å². The number of aryl methyl sites for hydroxylation is 2. The van der Waals surface area contributed by atoms with Crippen LogP contribution in [0, 0.1) is 5.92 Å². The molecule has 0 radical (unpaired) electrons. The molecule has 3 aromatic rings. The van der Waals surface area contributed by atoms with Gasteiger partial charge in [-0.25, -0.2) is 0 Å².